The Morgan fingerprint density at radius 1 is 1.25 bits per heavy atom. The Hall–Kier alpha value is -1.38. The third-order valence-corrected chi connectivity index (χ3v) is 3.42. The molecular formula is C13H17NO2. The summed E-state index contributed by atoms with van der Waals surface area (Å²) in [6, 6.07) is 3.77. The van der Waals surface area contributed by atoms with Gasteiger partial charge >= 0.3 is 0 Å². The Labute approximate surface area is 95.1 Å². The van der Waals surface area contributed by atoms with E-state index in [1.807, 2.05) is 17.6 Å². The molecule has 1 aliphatic rings. The number of nitrogens with zero attached hydrogens (tertiary/aromatic N) is 1. The van der Waals surface area contributed by atoms with E-state index in [2.05, 4.69) is 0 Å². The van der Waals surface area contributed by atoms with Crippen LogP contribution in [0.5, 0.6) is 0 Å². The maximum Gasteiger partial charge on any atom is 0.261 e. The van der Waals surface area contributed by atoms with Crippen LogP contribution in [0.15, 0.2) is 16.9 Å². The van der Waals surface area contributed by atoms with Crippen LogP contribution >= 0.6 is 0 Å². The smallest absolute Gasteiger partial charge is 0.261 e. The fraction of sp³-hybridized carbons (Fsp3) is 0.538. The summed E-state index contributed by atoms with van der Waals surface area (Å²) in [5, 5.41) is 0. The van der Waals surface area contributed by atoms with Crippen molar-refractivity contribution >= 4 is 6.29 Å². The molecule has 3 nitrogen and oxygen atoms in total. The number of aryl methyl sites for hydroxylation is 1. The summed E-state index contributed by atoms with van der Waals surface area (Å²) in [4.78, 5) is 22.8. The van der Waals surface area contributed by atoms with Gasteiger partial charge in [0.1, 0.15) is 0 Å². The fourth-order valence-corrected chi connectivity index (χ4v) is 2.54. The molecule has 0 radical (unpaired) electrons. The van der Waals surface area contributed by atoms with Gasteiger partial charge in [0.15, 0.2) is 6.29 Å². The lowest BCUT2D eigenvalue weighted by atomic mass is 9.94. The quantitative estimate of drug-likeness (QED) is 0.717. The molecule has 1 aromatic heterocycles. The van der Waals surface area contributed by atoms with Crippen LogP contribution in [0.4, 0.5) is 0 Å². The molecule has 0 spiro atoms. The van der Waals surface area contributed by atoms with Crippen molar-refractivity contribution in [3.05, 3.63) is 33.7 Å². The van der Waals surface area contributed by atoms with Gasteiger partial charge in [-0.1, -0.05) is 19.3 Å². The number of hydrogen-bond acceptors (Lipinski definition) is 2. The molecule has 3 heteroatoms. The minimum atomic E-state index is -0.123. The molecule has 1 heterocycles. The molecule has 0 unspecified atom stereocenters. The molecule has 1 aromatic rings. The van der Waals surface area contributed by atoms with E-state index in [0.717, 1.165) is 18.5 Å². The zero-order valence-electron chi connectivity index (χ0n) is 9.61. The number of aromatic nitrogens is 1. The van der Waals surface area contributed by atoms with E-state index in [0.29, 0.717) is 12.3 Å². The van der Waals surface area contributed by atoms with E-state index in [1.165, 1.54) is 19.3 Å². The Kier molecular flexibility index (Phi) is 3.22. The van der Waals surface area contributed by atoms with Crippen LogP contribution in [-0.4, -0.2) is 10.9 Å². The molecule has 0 saturated heterocycles. The molecule has 0 atom stereocenters. The predicted octanol–water partition coefficient (Wildman–Crippen LogP) is 2.47. The topological polar surface area (TPSA) is 39.1 Å². The van der Waals surface area contributed by atoms with Crippen molar-refractivity contribution < 1.29 is 4.79 Å². The number of carbonyl (C=O) groups is 1. The maximum absolute atomic E-state index is 12.1. The molecule has 0 N–H and O–H groups in total. The maximum atomic E-state index is 12.1. The third-order valence-electron chi connectivity index (χ3n) is 3.42. The van der Waals surface area contributed by atoms with Crippen LogP contribution in [0.3, 0.4) is 0 Å². The van der Waals surface area contributed by atoms with Crippen molar-refractivity contribution in [2.45, 2.75) is 45.1 Å². The highest BCUT2D eigenvalue weighted by Gasteiger charge is 2.18. The van der Waals surface area contributed by atoms with Crippen molar-refractivity contribution in [3.63, 3.8) is 0 Å². The van der Waals surface area contributed by atoms with Gasteiger partial charge in [0.05, 0.1) is 5.56 Å². The monoisotopic (exact) mass is 219 g/mol. The largest absolute Gasteiger partial charge is 0.309 e. The van der Waals surface area contributed by atoms with Gasteiger partial charge < -0.3 is 4.57 Å². The highest BCUT2D eigenvalue weighted by molar-refractivity contribution is 5.73. The molecule has 16 heavy (non-hydrogen) atoms. The first-order valence-electron chi connectivity index (χ1n) is 5.91. The van der Waals surface area contributed by atoms with Gasteiger partial charge in [0, 0.05) is 11.7 Å². The SMILES string of the molecule is Cc1ccc(C=O)c(=O)n1C1CCCCC1. The number of hydrogen-bond donors (Lipinski definition) is 0. The zero-order valence-corrected chi connectivity index (χ0v) is 9.61. The highest BCUT2D eigenvalue weighted by atomic mass is 16.1. The lowest BCUT2D eigenvalue weighted by Crippen LogP contribution is -2.30. The van der Waals surface area contributed by atoms with Crippen molar-refractivity contribution in [2.75, 3.05) is 0 Å². The van der Waals surface area contributed by atoms with Gasteiger partial charge in [-0.15, -0.1) is 0 Å². The first-order valence-corrected chi connectivity index (χ1v) is 5.91. The standard InChI is InChI=1S/C13H17NO2/c1-10-7-8-11(9-15)13(16)14(10)12-5-3-2-4-6-12/h7-9,12H,2-6H2,1H3. The summed E-state index contributed by atoms with van der Waals surface area (Å²) < 4.78 is 1.81. The molecule has 86 valence electrons. The normalized spacial score (nSPS) is 17.3. The van der Waals surface area contributed by atoms with Gasteiger partial charge in [-0.05, 0) is 31.9 Å². The van der Waals surface area contributed by atoms with Crippen LogP contribution in [-0.2, 0) is 0 Å². The van der Waals surface area contributed by atoms with Gasteiger partial charge in [-0.25, -0.2) is 0 Å². The van der Waals surface area contributed by atoms with Crippen LogP contribution in [0.1, 0.15) is 54.2 Å². The van der Waals surface area contributed by atoms with Gasteiger partial charge in [-0.3, -0.25) is 9.59 Å². The van der Waals surface area contributed by atoms with E-state index in [1.54, 1.807) is 6.07 Å². The molecule has 0 aliphatic heterocycles. The molecule has 0 amide bonds. The van der Waals surface area contributed by atoms with Crippen LogP contribution in [0.25, 0.3) is 0 Å². The molecule has 1 fully saturated rings. The minimum Gasteiger partial charge on any atom is -0.309 e. The number of rotatable bonds is 2. The minimum absolute atomic E-state index is 0.123. The second-order valence-corrected chi connectivity index (χ2v) is 4.51. The van der Waals surface area contributed by atoms with E-state index in [4.69, 9.17) is 0 Å². The Morgan fingerprint density at radius 2 is 1.94 bits per heavy atom. The number of carbonyl (C=O) groups excluding carboxylic acids is 1. The van der Waals surface area contributed by atoms with Crippen LogP contribution < -0.4 is 5.56 Å². The van der Waals surface area contributed by atoms with Gasteiger partial charge in [0.2, 0.25) is 0 Å². The molecule has 2 rings (SSSR count). The summed E-state index contributed by atoms with van der Waals surface area (Å²) >= 11 is 0. The Bertz CT molecular complexity index is 442. The van der Waals surface area contributed by atoms with E-state index in [9.17, 15) is 9.59 Å². The number of aldehydes is 1. The van der Waals surface area contributed by atoms with Crippen LogP contribution in [0, 0.1) is 6.92 Å². The average Bonchev–Trinajstić information content (AvgIpc) is 2.31. The second-order valence-electron chi connectivity index (χ2n) is 4.51. The molecular weight excluding hydrogens is 202 g/mol. The molecule has 0 bridgehead atoms. The first kappa shape index (κ1) is 11.1. The Morgan fingerprint density at radius 3 is 2.56 bits per heavy atom. The zero-order chi connectivity index (χ0) is 11.5. The molecule has 0 aromatic carbocycles. The second kappa shape index (κ2) is 4.64. The summed E-state index contributed by atoms with van der Waals surface area (Å²) in [5.41, 5.74) is 1.11. The summed E-state index contributed by atoms with van der Waals surface area (Å²) in [7, 11) is 0. The van der Waals surface area contributed by atoms with Crippen molar-refractivity contribution in [1.82, 2.24) is 4.57 Å². The third kappa shape index (κ3) is 1.94. The number of pyridine rings is 1. The summed E-state index contributed by atoms with van der Waals surface area (Å²) in [6.07, 6.45) is 6.40. The van der Waals surface area contributed by atoms with Crippen LogP contribution in [0.2, 0.25) is 0 Å². The average molecular weight is 219 g/mol. The van der Waals surface area contributed by atoms with E-state index >= 15 is 0 Å². The molecule has 1 saturated carbocycles. The summed E-state index contributed by atoms with van der Waals surface area (Å²) in [5.74, 6) is 0. The lowest BCUT2D eigenvalue weighted by Gasteiger charge is -2.25. The van der Waals surface area contributed by atoms with Crippen molar-refractivity contribution in [2.24, 2.45) is 0 Å². The van der Waals surface area contributed by atoms with Gasteiger partial charge in [-0.2, -0.15) is 0 Å². The van der Waals surface area contributed by atoms with Crippen molar-refractivity contribution in [1.29, 1.82) is 0 Å². The van der Waals surface area contributed by atoms with Crippen molar-refractivity contribution in [3.8, 4) is 0 Å². The fourth-order valence-electron chi connectivity index (χ4n) is 2.54. The van der Waals surface area contributed by atoms with E-state index in [-0.39, 0.29) is 11.1 Å². The molecule has 1 aliphatic carbocycles. The van der Waals surface area contributed by atoms with E-state index < -0.39 is 0 Å². The highest BCUT2D eigenvalue weighted by Crippen LogP contribution is 2.27. The van der Waals surface area contributed by atoms with Gasteiger partial charge in [0.25, 0.3) is 5.56 Å². The lowest BCUT2D eigenvalue weighted by molar-refractivity contribution is 0.112. The first-order chi connectivity index (χ1) is 7.74. The summed E-state index contributed by atoms with van der Waals surface area (Å²) in [6.45, 7) is 1.94. The predicted molar refractivity (Wildman–Crippen MR) is 62.9 cm³/mol. The Balaban J connectivity index is 2.45.